The molecule has 116 valence electrons. The Bertz CT molecular complexity index is 490. The number of hydrogen-bond acceptors (Lipinski definition) is 4. The van der Waals surface area contributed by atoms with Crippen LogP contribution in [-0.2, 0) is 11.2 Å². The highest BCUT2D eigenvalue weighted by Crippen LogP contribution is 2.22. The Morgan fingerprint density at radius 2 is 2.29 bits per heavy atom. The predicted molar refractivity (Wildman–Crippen MR) is 82.1 cm³/mol. The van der Waals surface area contributed by atoms with Gasteiger partial charge in [0.15, 0.2) is 0 Å². The number of piperidine rings is 1. The average molecular weight is 292 g/mol. The van der Waals surface area contributed by atoms with Crippen LogP contribution >= 0.6 is 0 Å². The van der Waals surface area contributed by atoms with E-state index >= 15 is 0 Å². The first-order chi connectivity index (χ1) is 10.1. The van der Waals surface area contributed by atoms with Crippen molar-refractivity contribution in [3.8, 4) is 0 Å². The molecule has 5 nitrogen and oxygen atoms in total. The number of carboxylic acids is 1. The maximum absolute atomic E-state index is 11.2. The molecule has 0 aliphatic carbocycles. The first kappa shape index (κ1) is 15.8. The number of nitrogens with zero attached hydrogens (tertiary/aromatic N) is 2. The van der Waals surface area contributed by atoms with Crippen LogP contribution in [0.1, 0.15) is 49.2 Å². The van der Waals surface area contributed by atoms with E-state index in [1.54, 1.807) is 12.1 Å². The van der Waals surface area contributed by atoms with Gasteiger partial charge in [0.05, 0.1) is 11.7 Å². The van der Waals surface area contributed by atoms with Crippen LogP contribution in [0.2, 0.25) is 0 Å². The normalized spacial score (nSPS) is 18.8. The van der Waals surface area contributed by atoms with Gasteiger partial charge in [-0.25, -0.2) is 9.78 Å². The van der Waals surface area contributed by atoms with Gasteiger partial charge in [0, 0.05) is 25.4 Å². The second kappa shape index (κ2) is 7.41. The number of rotatable bonds is 6. The van der Waals surface area contributed by atoms with E-state index in [-0.39, 0.29) is 6.10 Å². The summed E-state index contributed by atoms with van der Waals surface area (Å²) in [6.45, 7) is 6.57. The largest absolute Gasteiger partial charge is 0.478 e. The zero-order valence-electron chi connectivity index (χ0n) is 12.8. The molecule has 1 aliphatic heterocycles. The van der Waals surface area contributed by atoms with Gasteiger partial charge in [0.25, 0.3) is 0 Å². The second-order valence-electron chi connectivity index (χ2n) is 5.45. The molecule has 0 spiro atoms. The van der Waals surface area contributed by atoms with Crippen molar-refractivity contribution < 1.29 is 14.6 Å². The van der Waals surface area contributed by atoms with Gasteiger partial charge in [0.2, 0.25) is 0 Å². The van der Waals surface area contributed by atoms with Crippen LogP contribution in [-0.4, -0.2) is 41.9 Å². The molecule has 0 radical (unpaired) electrons. The average Bonchev–Trinajstić information content (AvgIpc) is 2.52. The van der Waals surface area contributed by atoms with E-state index in [9.17, 15) is 9.90 Å². The van der Waals surface area contributed by atoms with Crippen LogP contribution in [0.25, 0.3) is 0 Å². The number of carboxylic acid groups (broad SMARTS) is 1. The van der Waals surface area contributed by atoms with Gasteiger partial charge in [-0.3, -0.25) is 0 Å². The molecule has 21 heavy (non-hydrogen) atoms. The number of pyridine rings is 1. The summed E-state index contributed by atoms with van der Waals surface area (Å²) in [4.78, 5) is 18.0. The SMILES string of the molecule is CCCOC1CCCN(c2cc(C(=O)O)cc(CC)n2)C1. The van der Waals surface area contributed by atoms with Crippen molar-refractivity contribution in [1.29, 1.82) is 0 Å². The van der Waals surface area contributed by atoms with Crippen molar-refractivity contribution in [3.63, 3.8) is 0 Å². The third-order valence-corrected chi connectivity index (χ3v) is 3.73. The molecular formula is C16H24N2O3. The van der Waals surface area contributed by atoms with Crippen LogP contribution in [0, 0.1) is 0 Å². The molecule has 2 rings (SSSR count). The lowest BCUT2D eigenvalue weighted by molar-refractivity contribution is 0.0439. The highest BCUT2D eigenvalue weighted by Gasteiger charge is 2.22. The molecule has 0 amide bonds. The first-order valence-electron chi connectivity index (χ1n) is 7.74. The zero-order valence-corrected chi connectivity index (χ0v) is 12.8. The summed E-state index contributed by atoms with van der Waals surface area (Å²) in [6.07, 6.45) is 4.09. The minimum atomic E-state index is -0.899. The lowest BCUT2D eigenvalue weighted by Gasteiger charge is -2.33. The molecular weight excluding hydrogens is 268 g/mol. The molecule has 1 aromatic heterocycles. The van der Waals surface area contributed by atoms with Gasteiger partial charge in [0.1, 0.15) is 5.82 Å². The number of anilines is 1. The Morgan fingerprint density at radius 3 is 2.95 bits per heavy atom. The lowest BCUT2D eigenvalue weighted by atomic mass is 10.1. The monoisotopic (exact) mass is 292 g/mol. The topological polar surface area (TPSA) is 62.7 Å². The van der Waals surface area contributed by atoms with Crippen molar-refractivity contribution >= 4 is 11.8 Å². The quantitative estimate of drug-likeness (QED) is 0.873. The molecule has 1 saturated heterocycles. The van der Waals surface area contributed by atoms with E-state index in [1.165, 1.54) is 0 Å². The fourth-order valence-corrected chi connectivity index (χ4v) is 2.61. The molecule has 1 atom stereocenters. The van der Waals surface area contributed by atoms with Gasteiger partial charge >= 0.3 is 5.97 Å². The summed E-state index contributed by atoms with van der Waals surface area (Å²) >= 11 is 0. The molecule has 0 saturated carbocycles. The van der Waals surface area contributed by atoms with Gasteiger partial charge in [-0.15, -0.1) is 0 Å². The maximum atomic E-state index is 11.2. The van der Waals surface area contributed by atoms with E-state index in [0.29, 0.717) is 5.56 Å². The smallest absolute Gasteiger partial charge is 0.335 e. The Balaban J connectivity index is 2.16. The van der Waals surface area contributed by atoms with Crippen molar-refractivity contribution in [2.75, 3.05) is 24.6 Å². The summed E-state index contributed by atoms with van der Waals surface area (Å²) in [5.41, 5.74) is 1.13. The lowest BCUT2D eigenvalue weighted by Crippen LogP contribution is -2.40. The zero-order chi connectivity index (χ0) is 15.2. The molecule has 0 aromatic carbocycles. The summed E-state index contributed by atoms with van der Waals surface area (Å²) in [6, 6.07) is 3.32. The molecule has 1 aromatic rings. The molecule has 1 aliphatic rings. The van der Waals surface area contributed by atoms with E-state index < -0.39 is 5.97 Å². The molecule has 5 heteroatoms. The van der Waals surface area contributed by atoms with Gasteiger partial charge in [-0.1, -0.05) is 13.8 Å². The number of aryl methyl sites for hydroxylation is 1. The van der Waals surface area contributed by atoms with Gasteiger partial charge < -0.3 is 14.7 Å². The summed E-state index contributed by atoms with van der Waals surface area (Å²) < 4.78 is 5.83. The maximum Gasteiger partial charge on any atom is 0.335 e. The third-order valence-electron chi connectivity index (χ3n) is 3.73. The molecule has 1 N–H and O–H groups in total. The fraction of sp³-hybridized carbons (Fsp3) is 0.625. The number of aromatic nitrogens is 1. The molecule has 0 bridgehead atoms. The van der Waals surface area contributed by atoms with Crippen LogP contribution in [0.4, 0.5) is 5.82 Å². The first-order valence-corrected chi connectivity index (χ1v) is 7.74. The van der Waals surface area contributed by atoms with E-state index in [2.05, 4.69) is 16.8 Å². The molecule has 2 heterocycles. The Morgan fingerprint density at radius 1 is 1.48 bits per heavy atom. The van der Waals surface area contributed by atoms with Crippen molar-refractivity contribution in [3.05, 3.63) is 23.4 Å². The van der Waals surface area contributed by atoms with Crippen LogP contribution in [0.15, 0.2) is 12.1 Å². The summed E-state index contributed by atoms with van der Waals surface area (Å²) in [7, 11) is 0. The summed E-state index contributed by atoms with van der Waals surface area (Å²) in [5, 5.41) is 9.22. The number of ether oxygens (including phenoxy) is 1. The summed E-state index contributed by atoms with van der Waals surface area (Å²) in [5.74, 6) is -0.138. The number of aromatic carboxylic acids is 1. The minimum Gasteiger partial charge on any atom is -0.478 e. The molecule has 1 fully saturated rings. The minimum absolute atomic E-state index is 0.221. The fourth-order valence-electron chi connectivity index (χ4n) is 2.61. The Labute approximate surface area is 125 Å². The van der Waals surface area contributed by atoms with Crippen LogP contribution in [0.5, 0.6) is 0 Å². The highest BCUT2D eigenvalue weighted by molar-refractivity contribution is 5.88. The van der Waals surface area contributed by atoms with Crippen LogP contribution in [0.3, 0.4) is 0 Å². The highest BCUT2D eigenvalue weighted by atomic mass is 16.5. The van der Waals surface area contributed by atoms with Crippen molar-refractivity contribution in [1.82, 2.24) is 4.98 Å². The van der Waals surface area contributed by atoms with E-state index in [4.69, 9.17) is 4.74 Å². The van der Waals surface area contributed by atoms with E-state index in [1.807, 2.05) is 6.92 Å². The van der Waals surface area contributed by atoms with Crippen molar-refractivity contribution in [2.24, 2.45) is 0 Å². The van der Waals surface area contributed by atoms with E-state index in [0.717, 1.165) is 56.9 Å². The van der Waals surface area contributed by atoms with Gasteiger partial charge in [-0.05, 0) is 37.8 Å². The number of hydrogen-bond donors (Lipinski definition) is 1. The van der Waals surface area contributed by atoms with Crippen LogP contribution < -0.4 is 4.90 Å². The van der Waals surface area contributed by atoms with Crippen molar-refractivity contribution in [2.45, 2.75) is 45.6 Å². The third kappa shape index (κ3) is 4.17. The standard InChI is InChI=1S/C16H24N2O3/c1-3-8-21-14-6-5-7-18(11-14)15-10-12(16(19)20)9-13(4-2)17-15/h9-10,14H,3-8,11H2,1-2H3,(H,19,20). The number of carbonyl (C=O) groups is 1. The van der Waals surface area contributed by atoms with Gasteiger partial charge in [-0.2, -0.15) is 0 Å². The molecule has 1 unspecified atom stereocenters. The Kier molecular flexibility index (Phi) is 5.56. The predicted octanol–water partition coefficient (Wildman–Crippen LogP) is 2.74. The Hall–Kier alpha value is -1.62. The second-order valence-corrected chi connectivity index (χ2v) is 5.45.